The Labute approximate surface area is 178 Å². The predicted octanol–water partition coefficient (Wildman–Crippen LogP) is 1.71. The minimum Gasteiger partial charge on any atom is -0.488 e. The molecule has 0 atom stereocenters. The van der Waals surface area contributed by atoms with Crippen molar-refractivity contribution in [1.29, 1.82) is 0 Å². The molecule has 0 unspecified atom stereocenters. The SMILES string of the molecule is CCOc1c(CN2CCN(C)CC2)nc(-c2ccc(N)cc2)nc1N1CCOCC1. The Morgan fingerprint density at radius 2 is 1.70 bits per heavy atom. The second kappa shape index (κ2) is 9.59. The van der Waals surface area contributed by atoms with Crippen LogP contribution >= 0.6 is 0 Å². The second-order valence-electron chi connectivity index (χ2n) is 7.88. The zero-order chi connectivity index (χ0) is 20.9. The van der Waals surface area contributed by atoms with E-state index in [2.05, 4.69) is 21.7 Å². The van der Waals surface area contributed by atoms with E-state index < -0.39 is 0 Å². The number of hydrogen-bond donors (Lipinski definition) is 1. The van der Waals surface area contributed by atoms with E-state index in [9.17, 15) is 0 Å². The number of nitrogen functional groups attached to an aromatic ring is 1. The van der Waals surface area contributed by atoms with Crippen molar-refractivity contribution >= 4 is 11.5 Å². The molecule has 2 N–H and O–H groups in total. The lowest BCUT2D eigenvalue weighted by atomic mass is 10.1. The van der Waals surface area contributed by atoms with E-state index in [0.717, 1.165) is 74.3 Å². The minimum atomic E-state index is 0.581. The zero-order valence-corrected chi connectivity index (χ0v) is 18.0. The van der Waals surface area contributed by atoms with Crippen molar-refractivity contribution < 1.29 is 9.47 Å². The molecular weight excluding hydrogens is 380 g/mol. The van der Waals surface area contributed by atoms with Gasteiger partial charge in [0.2, 0.25) is 0 Å². The van der Waals surface area contributed by atoms with Gasteiger partial charge in [-0.1, -0.05) is 0 Å². The fourth-order valence-electron chi connectivity index (χ4n) is 3.85. The molecular formula is C22H32N6O2. The highest BCUT2D eigenvalue weighted by atomic mass is 16.5. The monoisotopic (exact) mass is 412 g/mol. The number of morpholine rings is 1. The standard InChI is InChI=1S/C22H32N6O2/c1-3-30-20-19(16-27-10-8-26(2)9-11-27)24-21(17-4-6-18(23)7-5-17)25-22(20)28-12-14-29-15-13-28/h4-7H,3,8-16,23H2,1-2H3. The molecule has 0 saturated carbocycles. The molecule has 0 aliphatic carbocycles. The third-order valence-electron chi connectivity index (χ3n) is 5.66. The Kier molecular flexibility index (Phi) is 6.66. The van der Waals surface area contributed by atoms with Crippen molar-refractivity contribution in [2.75, 3.05) is 76.8 Å². The average molecular weight is 413 g/mol. The molecule has 30 heavy (non-hydrogen) atoms. The van der Waals surface area contributed by atoms with Gasteiger partial charge in [-0.05, 0) is 38.2 Å². The first kappa shape index (κ1) is 20.8. The molecule has 8 heteroatoms. The fraction of sp³-hybridized carbons (Fsp3) is 0.545. The number of piperazine rings is 1. The van der Waals surface area contributed by atoms with Gasteiger partial charge in [0, 0.05) is 57.1 Å². The van der Waals surface area contributed by atoms with Crippen LogP contribution in [0.3, 0.4) is 0 Å². The van der Waals surface area contributed by atoms with Crippen LogP contribution in [0.5, 0.6) is 5.75 Å². The topological polar surface area (TPSA) is 80.0 Å². The highest BCUT2D eigenvalue weighted by Gasteiger charge is 2.25. The molecule has 1 aromatic heterocycles. The number of rotatable bonds is 6. The summed E-state index contributed by atoms with van der Waals surface area (Å²) < 4.78 is 11.7. The number of anilines is 2. The number of ether oxygens (including phenoxy) is 2. The molecule has 2 saturated heterocycles. The van der Waals surface area contributed by atoms with E-state index in [0.29, 0.717) is 25.6 Å². The summed E-state index contributed by atoms with van der Waals surface area (Å²) in [4.78, 5) is 17.0. The van der Waals surface area contributed by atoms with Gasteiger partial charge >= 0.3 is 0 Å². The molecule has 3 heterocycles. The maximum Gasteiger partial charge on any atom is 0.184 e. The molecule has 2 fully saturated rings. The quantitative estimate of drug-likeness (QED) is 0.719. The van der Waals surface area contributed by atoms with E-state index in [1.54, 1.807) is 0 Å². The van der Waals surface area contributed by atoms with Crippen LogP contribution < -0.4 is 15.4 Å². The van der Waals surface area contributed by atoms with Crippen LogP contribution in [-0.4, -0.2) is 85.9 Å². The minimum absolute atomic E-state index is 0.581. The van der Waals surface area contributed by atoms with Crippen molar-refractivity contribution in [2.45, 2.75) is 13.5 Å². The number of nitrogens with zero attached hydrogens (tertiary/aromatic N) is 5. The fourth-order valence-corrected chi connectivity index (χ4v) is 3.85. The molecule has 2 aromatic rings. The molecule has 162 valence electrons. The summed E-state index contributed by atoms with van der Waals surface area (Å²) in [7, 11) is 2.17. The second-order valence-corrected chi connectivity index (χ2v) is 7.88. The first-order valence-corrected chi connectivity index (χ1v) is 10.8. The molecule has 2 aliphatic rings. The molecule has 0 amide bonds. The zero-order valence-electron chi connectivity index (χ0n) is 18.0. The third-order valence-corrected chi connectivity index (χ3v) is 5.66. The first-order valence-electron chi connectivity index (χ1n) is 10.8. The normalized spacial score (nSPS) is 18.5. The van der Waals surface area contributed by atoms with E-state index in [1.807, 2.05) is 31.2 Å². The lowest BCUT2D eigenvalue weighted by molar-refractivity contribution is 0.122. The van der Waals surface area contributed by atoms with E-state index in [-0.39, 0.29) is 0 Å². The van der Waals surface area contributed by atoms with Gasteiger partial charge in [0.05, 0.1) is 19.8 Å². The Bertz CT molecular complexity index is 830. The van der Waals surface area contributed by atoms with Gasteiger partial charge in [0.15, 0.2) is 17.4 Å². The van der Waals surface area contributed by atoms with Crippen molar-refractivity contribution in [2.24, 2.45) is 0 Å². The number of hydrogen-bond acceptors (Lipinski definition) is 8. The lowest BCUT2D eigenvalue weighted by Gasteiger charge is -2.33. The van der Waals surface area contributed by atoms with Gasteiger partial charge in [-0.3, -0.25) is 4.90 Å². The predicted molar refractivity (Wildman–Crippen MR) is 119 cm³/mol. The number of likely N-dealkylation sites (N-methyl/N-ethyl adjacent to an activating group) is 1. The summed E-state index contributed by atoms with van der Waals surface area (Å²) in [6.45, 7) is 10.5. The summed E-state index contributed by atoms with van der Waals surface area (Å²) in [5.41, 5.74) is 8.53. The molecule has 0 spiro atoms. The van der Waals surface area contributed by atoms with Crippen LogP contribution in [0.1, 0.15) is 12.6 Å². The molecule has 4 rings (SSSR count). The van der Waals surface area contributed by atoms with E-state index in [4.69, 9.17) is 25.2 Å². The van der Waals surface area contributed by atoms with Gasteiger partial charge < -0.3 is 25.0 Å². The summed E-state index contributed by atoms with van der Waals surface area (Å²) in [5, 5.41) is 0. The molecule has 0 radical (unpaired) electrons. The molecule has 2 aliphatic heterocycles. The van der Waals surface area contributed by atoms with Crippen LogP contribution in [0.4, 0.5) is 11.5 Å². The van der Waals surface area contributed by atoms with Crippen LogP contribution in [-0.2, 0) is 11.3 Å². The summed E-state index contributed by atoms with van der Waals surface area (Å²) in [5.74, 6) is 2.38. The van der Waals surface area contributed by atoms with Crippen LogP contribution in [0, 0.1) is 0 Å². The summed E-state index contributed by atoms with van der Waals surface area (Å²) >= 11 is 0. The van der Waals surface area contributed by atoms with Crippen molar-refractivity contribution in [3.63, 3.8) is 0 Å². The summed E-state index contributed by atoms with van der Waals surface area (Å²) in [6.07, 6.45) is 0. The number of nitrogens with two attached hydrogens (primary N) is 1. The molecule has 0 bridgehead atoms. The maximum atomic E-state index is 6.13. The Morgan fingerprint density at radius 3 is 2.37 bits per heavy atom. The maximum absolute atomic E-state index is 6.13. The largest absolute Gasteiger partial charge is 0.488 e. The van der Waals surface area contributed by atoms with Gasteiger partial charge in [0.25, 0.3) is 0 Å². The van der Waals surface area contributed by atoms with Crippen molar-refractivity contribution in [1.82, 2.24) is 19.8 Å². The van der Waals surface area contributed by atoms with Crippen LogP contribution in [0.2, 0.25) is 0 Å². The number of aromatic nitrogens is 2. The Balaban J connectivity index is 1.74. The van der Waals surface area contributed by atoms with Gasteiger partial charge in [-0.25, -0.2) is 9.97 Å². The lowest BCUT2D eigenvalue weighted by Crippen LogP contribution is -2.44. The van der Waals surface area contributed by atoms with E-state index in [1.165, 1.54) is 0 Å². The van der Waals surface area contributed by atoms with Crippen LogP contribution in [0.25, 0.3) is 11.4 Å². The third kappa shape index (κ3) is 4.83. The average Bonchev–Trinajstić information content (AvgIpc) is 2.77. The Morgan fingerprint density at radius 1 is 1.00 bits per heavy atom. The number of benzene rings is 1. The smallest absolute Gasteiger partial charge is 0.184 e. The highest BCUT2D eigenvalue weighted by molar-refractivity contribution is 5.65. The van der Waals surface area contributed by atoms with Gasteiger partial charge in [-0.15, -0.1) is 0 Å². The highest BCUT2D eigenvalue weighted by Crippen LogP contribution is 2.34. The van der Waals surface area contributed by atoms with Gasteiger partial charge in [0.1, 0.15) is 5.69 Å². The van der Waals surface area contributed by atoms with E-state index >= 15 is 0 Å². The van der Waals surface area contributed by atoms with Crippen molar-refractivity contribution in [3.8, 4) is 17.1 Å². The Hall–Kier alpha value is -2.42. The van der Waals surface area contributed by atoms with Crippen LogP contribution in [0.15, 0.2) is 24.3 Å². The summed E-state index contributed by atoms with van der Waals surface area (Å²) in [6, 6.07) is 7.74. The molecule has 8 nitrogen and oxygen atoms in total. The molecule has 1 aromatic carbocycles. The van der Waals surface area contributed by atoms with Crippen molar-refractivity contribution in [3.05, 3.63) is 30.0 Å². The first-order chi connectivity index (χ1) is 14.6. The van der Waals surface area contributed by atoms with Gasteiger partial charge in [-0.2, -0.15) is 0 Å².